The van der Waals surface area contributed by atoms with Crippen LogP contribution in [0, 0.1) is 0 Å². The Labute approximate surface area is 132 Å². The topological polar surface area (TPSA) is 0 Å². The van der Waals surface area contributed by atoms with Crippen LogP contribution >= 0.6 is 0 Å². The molecule has 0 saturated heterocycles. The minimum absolute atomic E-state index is 0.0575. The molecule has 0 fully saturated rings. The lowest BCUT2D eigenvalue weighted by atomic mass is 9.86. The zero-order valence-corrected chi connectivity index (χ0v) is 11.6. The van der Waals surface area contributed by atoms with Crippen LogP contribution in [0.25, 0.3) is 53.9 Å². The largest absolute Gasteiger partial charge is 0.0629 e. The zero-order chi connectivity index (χ0) is 17.7. The lowest BCUT2D eigenvalue weighted by Gasteiger charge is -2.17. The van der Waals surface area contributed by atoms with Gasteiger partial charge < -0.3 is 0 Å². The van der Waals surface area contributed by atoms with E-state index in [1.807, 2.05) is 6.07 Å². The second-order valence-electron chi connectivity index (χ2n) is 5.90. The van der Waals surface area contributed by atoms with E-state index in [1.54, 1.807) is 0 Å². The van der Waals surface area contributed by atoms with Crippen LogP contribution in [0.2, 0.25) is 0 Å². The van der Waals surface area contributed by atoms with E-state index >= 15 is 0 Å². The lowest BCUT2D eigenvalue weighted by molar-refractivity contribution is 1.79. The van der Waals surface area contributed by atoms with Gasteiger partial charge in [-0.3, -0.25) is 0 Å². The van der Waals surface area contributed by atoms with Crippen LogP contribution in [0.4, 0.5) is 0 Å². The van der Waals surface area contributed by atoms with Crippen LogP contribution in [0.15, 0.2) is 72.7 Å². The molecule has 0 radical (unpaired) electrons. The number of hydrogen-bond acceptors (Lipinski definition) is 0. The fraction of sp³-hybridized carbons (Fsp3) is 0. The summed E-state index contributed by atoms with van der Waals surface area (Å²) in [4.78, 5) is 0. The van der Waals surface area contributed by atoms with Gasteiger partial charge in [-0.2, -0.15) is 0 Å². The normalized spacial score (nSPS) is 15.1. The minimum atomic E-state index is -0.162. The molecule has 0 heterocycles. The van der Waals surface area contributed by atoms with E-state index in [-0.39, 0.29) is 24.2 Å². The highest BCUT2D eigenvalue weighted by molar-refractivity contribution is 6.36. The minimum Gasteiger partial charge on any atom is -0.0616 e. The van der Waals surface area contributed by atoms with Gasteiger partial charge in [0.05, 0.1) is 5.48 Å². The Bertz CT molecular complexity index is 1500. The van der Waals surface area contributed by atoms with Crippen LogP contribution in [0.5, 0.6) is 0 Å². The van der Waals surface area contributed by atoms with Gasteiger partial charge in [-0.15, -0.1) is 0 Å². The Morgan fingerprint density at radius 1 is 0.545 bits per heavy atom. The highest BCUT2D eigenvalue weighted by Gasteiger charge is 2.15. The molecular formula is C22H12. The quantitative estimate of drug-likeness (QED) is 0.305. The fourth-order valence-electron chi connectivity index (χ4n) is 3.83. The van der Waals surface area contributed by atoms with Gasteiger partial charge in [-0.1, -0.05) is 60.6 Å². The van der Waals surface area contributed by atoms with Crippen LogP contribution < -0.4 is 0 Å². The average molecular weight is 280 g/mol. The number of fused-ring (bicyclic) bond motifs is 10. The maximum absolute atomic E-state index is 8.25. The summed E-state index contributed by atoms with van der Waals surface area (Å²) in [6.45, 7) is 0. The molecule has 0 heteroatoms. The van der Waals surface area contributed by atoms with Gasteiger partial charge >= 0.3 is 0 Å². The van der Waals surface area contributed by atoms with Crippen molar-refractivity contribution in [1.29, 1.82) is 0 Å². The van der Waals surface area contributed by atoms with Gasteiger partial charge in [0.2, 0.25) is 0 Å². The van der Waals surface area contributed by atoms with Crippen LogP contribution in [0.3, 0.4) is 0 Å². The number of hydrogen-bond donors (Lipinski definition) is 0. The monoisotopic (exact) mass is 280 g/mol. The van der Waals surface area contributed by atoms with E-state index in [1.165, 1.54) is 21.5 Å². The van der Waals surface area contributed by atoms with Gasteiger partial charge in [-0.05, 0) is 66.0 Å². The first kappa shape index (κ1) is 7.95. The van der Waals surface area contributed by atoms with E-state index in [0.29, 0.717) is 10.8 Å². The second kappa shape index (κ2) is 3.48. The third kappa shape index (κ3) is 1.09. The first-order chi connectivity index (χ1) is 12.6. The zero-order valence-electron chi connectivity index (χ0n) is 15.6. The van der Waals surface area contributed by atoms with Crippen molar-refractivity contribution in [3.05, 3.63) is 72.7 Å². The Balaban J connectivity index is 1.83. The first-order valence-corrected chi connectivity index (χ1v) is 7.39. The predicted molar refractivity (Wildman–Crippen MR) is 96.3 cm³/mol. The second-order valence-corrected chi connectivity index (χ2v) is 5.90. The van der Waals surface area contributed by atoms with E-state index < -0.39 is 0 Å². The Morgan fingerprint density at radius 2 is 1.23 bits per heavy atom. The molecule has 0 N–H and O–H groups in total. The molecule has 0 aromatic heterocycles. The third-order valence-corrected chi connectivity index (χ3v) is 4.87. The summed E-state index contributed by atoms with van der Waals surface area (Å²) in [6.07, 6.45) is 0. The molecule has 6 aromatic rings. The molecular weight excluding hydrogens is 264 g/mol. The molecule has 0 spiro atoms. The average Bonchev–Trinajstić information content (AvgIpc) is 2.63. The molecule has 6 aromatic carbocycles. The van der Waals surface area contributed by atoms with Crippen molar-refractivity contribution in [3.63, 3.8) is 0 Å². The summed E-state index contributed by atoms with van der Waals surface area (Å²) in [5.74, 6) is 0. The van der Waals surface area contributed by atoms with Crippen molar-refractivity contribution in [2.24, 2.45) is 0 Å². The summed E-state index contributed by atoms with van der Waals surface area (Å²) >= 11 is 0. The highest BCUT2D eigenvalue weighted by atomic mass is 14.2. The van der Waals surface area contributed by atoms with Crippen molar-refractivity contribution >= 4 is 53.9 Å². The molecule has 0 aliphatic rings. The van der Waals surface area contributed by atoms with Crippen LogP contribution in [-0.4, -0.2) is 0 Å². The fourth-order valence-corrected chi connectivity index (χ4v) is 3.83. The standard InChI is InChI=1S/C22H12/c1-2-6-15-14(5-1)20-11-13-9-10-18-16-7-3-4-8-17(16)22(18)19(13)12-21(15)20/h1-12H/i1D,2D,5D,6D. The molecule has 0 nitrogen and oxygen atoms in total. The molecule has 0 bridgehead atoms. The van der Waals surface area contributed by atoms with E-state index in [9.17, 15) is 0 Å². The van der Waals surface area contributed by atoms with E-state index in [0.717, 1.165) is 21.5 Å². The van der Waals surface area contributed by atoms with Crippen molar-refractivity contribution in [1.82, 2.24) is 0 Å². The predicted octanol–water partition coefficient (Wildman–Crippen LogP) is 6.33. The molecule has 0 aliphatic heterocycles. The molecule has 0 unspecified atom stereocenters. The molecule has 100 valence electrons. The van der Waals surface area contributed by atoms with E-state index in [2.05, 4.69) is 42.5 Å². The van der Waals surface area contributed by atoms with Gasteiger partial charge in [0, 0.05) is 0 Å². The molecule has 22 heavy (non-hydrogen) atoms. The molecule has 0 atom stereocenters. The Kier molecular flexibility index (Phi) is 1.26. The van der Waals surface area contributed by atoms with Gasteiger partial charge in [0.25, 0.3) is 0 Å². The SMILES string of the molecule is [2H]c1c([2H])c([2H])c2c3cc4c(ccc5c6ccccc6c45)cc3c2c1[2H]. The Morgan fingerprint density at radius 3 is 2.05 bits per heavy atom. The first-order valence-electron chi connectivity index (χ1n) is 9.39. The summed E-state index contributed by atoms with van der Waals surface area (Å²) < 4.78 is 32.3. The molecule has 0 saturated carbocycles. The summed E-state index contributed by atoms with van der Waals surface area (Å²) in [6, 6.07) is 16.6. The van der Waals surface area contributed by atoms with Crippen molar-refractivity contribution in [2.75, 3.05) is 0 Å². The van der Waals surface area contributed by atoms with Crippen LogP contribution in [0.1, 0.15) is 5.48 Å². The van der Waals surface area contributed by atoms with Crippen molar-refractivity contribution in [3.8, 4) is 0 Å². The third-order valence-electron chi connectivity index (χ3n) is 4.87. The van der Waals surface area contributed by atoms with Gasteiger partial charge in [0.1, 0.15) is 0 Å². The van der Waals surface area contributed by atoms with Gasteiger partial charge in [0.15, 0.2) is 0 Å². The maximum atomic E-state index is 8.25. The summed E-state index contributed by atoms with van der Waals surface area (Å²) in [5, 5.41) is 10.4. The van der Waals surface area contributed by atoms with E-state index in [4.69, 9.17) is 5.48 Å². The number of benzene rings is 4. The van der Waals surface area contributed by atoms with Crippen LogP contribution in [-0.2, 0) is 0 Å². The van der Waals surface area contributed by atoms with Gasteiger partial charge in [-0.25, -0.2) is 0 Å². The summed E-state index contributed by atoms with van der Waals surface area (Å²) in [7, 11) is 0. The maximum Gasteiger partial charge on any atom is 0.0629 e. The summed E-state index contributed by atoms with van der Waals surface area (Å²) in [5.41, 5.74) is 0. The van der Waals surface area contributed by atoms with Crippen molar-refractivity contribution < 1.29 is 5.48 Å². The van der Waals surface area contributed by atoms with Crippen molar-refractivity contribution in [2.45, 2.75) is 0 Å². The highest BCUT2D eigenvalue weighted by Crippen LogP contribution is 2.43. The lowest BCUT2D eigenvalue weighted by Crippen LogP contribution is -1.89. The smallest absolute Gasteiger partial charge is 0.0616 e. The molecule has 6 rings (SSSR count). The Hall–Kier alpha value is -2.86. The molecule has 0 aliphatic carbocycles. The number of rotatable bonds is 0. The molecule has 0 amide bonds.